The summed E-state index contributed by atoms with van der Waals surface area (Å²) in [5, 5.41) is 5.63. The molecule has 2 aromatic carbocycles. The average molecular weight is 425 g/mol. The summed E-state index contributed by atoms with van der Waals surface area (Å²) in [5.74, 6) is -3.49. The summed E-state index contributed by atoms with van der Waals surface area (Å²) < 4.78 is 34.0. The third-order valence-electron chi connectivity index (χ3n) is 3.36. The van der Waals surface area contributed by atoms with E-state index in [2.05, 4.69) is 36.0 Å². The van der Waals surface area contributed by atoms with Gasteiger partial charge in [0.2, 0.25) is 0 Å². The van der Waals surface area contributed by atoms with Crippen LogP contribution >= 0.6 is 15.9 Å². The SMILES string of the molecule is COC(=O)c1cc(C(C)=O)c(N=[N+]=[N-])c(F)c1Nc1ccc(Br)cc1F. The lowest BCUT2D eigenvalue weighted by atomic mass is 10.0. The first-order chi connectivity index (χ1) is 12.3. The van der Waals surface area contributed by atoms with Crippen LogP contribution in [0.15, 0.2) is 33.9 Å². The molecule has 7 nitrogen and oxygen atoms in total. The Kier molecular flexibility index (Phi) is 5.91. The summed E-state index contributed by atoms with van der Waals surface area (Å²) in [6, 6.07) is 4.97. The van der Waals surface area contributed by atoms with E-state index in [0.29, 0.717) is 4.47 Å². The van der Waals surface area contributed by atoms with E-state index in [1.54, 1.807) is 0 Å². The number of anilines is 2. The maximum atomic E-state index is 14.9. The van der Waals surface area contributed by atoms with Crippen molar-refractivity contribution in [3.05, 3.63) is 61.9 Å². The number of ketones is 1. The summed E-state index contributed by atoms with van der Waals surface area (Å²) in [6.07, 6.45) is 0. The Hall–Kier alpha value is -2.97. The van der Waals surface area contributed by atoms with E-state index in [-0.39, 0.29) is 16.8 Å². The van der Waals surface area contributed by atoms with Gasteiger partial charge in [0.15, 0.2) is 11.6 Å². The Morgan fingerprint density at radius 1 is 1.27 bits per heavy atom. The Morgan fingerprint density at radius 2 is 1.96 bits per heavy atom. The molecule has 0 spiro atoms. The molecule has 0 radical (unpaired) electrons. The molecule has 134 valence electrons. The van der Waals surface area contributed by atoms with E-state index in [0.717, 1.165) is 26.2 Å². The van der Waals surface area contributed by atoms with Crippen molar-refractivity contribution in [2.45, 2.75) is 6.92 Å². The zero-order valence-electron chi connectivity index (χ0n) is 13.5. The number of carbonyl (C=O) groups is 2. The average Bonchev–Trinajstić information content (AvgIpc) is 2.59. The molecule has 0 aromatic heterocycles. The molecule has 0 atom stereocenters. The van der Waals surface area contributed by atoms with Gasteiger partial charge in [-0.05, 0) is 36.7 Å². The van der Waals surface area contributed by atoms with Crippen LogP contribution in [0.1, 0.15) is 27.6 Å². The fraction of sp³-hybridized carbons (Fsp3) is 0.125. The smallest absolute Gasteiger partial charge is 0.340 e. The van der Waals surface area contributed by atoms with Gasteiger partial charge in [0, 0.05) is 14.9 Å². The van der Waals surface area contributed by atoms with Crippen LogP contribution in [-0.2, 0) is 4.74 Å². The molecule has 0 fully saturated rings. The molecule has 2 aromatic rings. The number of rotatable bonds is 5. The van der Waals surface area contributed by atoms with Crippen molar-refractivity contribution in [2.75, 3.05) is 12.4 Å². The van der Waals surface area contributed by atoms with Crippen molar-refractivity contribution >= 4 is 44.7 Å². The minimum atomic E-state index is -1.18. The molecule has 1 N–H and O–H groups in total. The number of ether oxygens (including phenoxy) is 1. The largest absolute Gasteiger partial charge is 0.465 e. The Bertz CT molecular complexity index is 959. The van der Waals surface area contributed by atoms with Gasteiger partial charge in [-0.3, -0.25) is 4.79 Å². The van der Waals surface area contributed by atoms with Crippen LogP contribution in [0, 0.1) is 11.6 Å². The van der Waals surface area contributed by atoms with Crippen molar-refractivity contribution in [2.24, 2.45) is 5.11 Å². The number of hydrogen-bond acceptors (Lipinski definition) is 5. The van der Waals surface area contributed by atoms with Crippen LogP contribution in [-0.4, -0.2) is 18.9 Å². The van der Waals surface area contributed by atoms with Crippen LogP contribution < -0.4 is 5.32 Å². The van der Waals surface area contributed by atoms with Gasteiger partial charge in [-0.15, -0.1) is 0 Å². The molecule has 0 bridgehead atoms. The molecule has 0 saturated carbocycles. The molecule has 0 aliphatic carbocycles. The Balaban J connectivity index is 2.76. The number of hydrogen-bond donors (Lipinski definition) is 1. The fourth-order valence-electron chi connectivity index (χ4n) is 2.17. The molecule has 0 aliphatic rings. The molecule has 26 heavy (non-hydrogen) atoms. The first-order valence-electron chi connectivity index (χ1n) is 7.03. The lowest BCUT2D eigenvalue weighted by Crippen LogP contribution is -2.11. The minimum Gasteiger partial charge on any atom is -0.465 e. The van der Waals surface area contributed by atoms with Gasteiger partial charge in [0.1, 0.15) is 5.82 Å². The number of halogens is 3. The van der Waals surface area contributed by atoms with Crippen LogP contribution in [0.4, 0.5) is 25.8 Å². The van der Waals surface area contributed by atoms with Gasteiger partial charge in [-0.25, -0.2) is 13.6 Å². The monoisotopic (exact) mass is 424 g/mol. The summed E-state index contributed by atoms with van der Waals surface area (Å²) >= 11 is 3.09. The van der Waals surface area contributed by atoms with E-state index >= 15 is 0 Å². The van der Waals surface area contributed by atoms with Crippen molar-refractivity contribution in [1.29, 1.82) is 0 Å². The number of benzene rings is 2. The van der Waals surface area contributed by atoms with Gasteiger partial charge < -0.3 is 10.1 Å². The second-order valence-corrected chi connectivity index (χ2v) is 5.91. The number of nitrogens with one attached hydrogen (secondary N) is 1. The first kappa shape index (κ1) is 19.4. The third-order valence-corrected chi connectivity index (χ3v) is 3.85. The molecule has 10 heteroatoms. The van der Waals surface area contributed by atoms with E-state index in [1.165, 1.54) is 12.1 Å². The maximum Gasteiger partial charge on any atom is 0.340 e. The molecular weight excluding hydrogens is 414 g/mol. The highest BCUT2D eigenvalue weighted by Gasteiger charge is 2.24. The molecule has 2 rings (SSSR count). The first-order valence-corrected chi connectivity index (χ1v) is 7.82. The molecule has 0 saturated heterocycles. The highest BCUT2D eigenvalue weighted by Crippen LogP contribution is 2.36. The molecule has 0 aliphatic heterocycles. The Labute approximate surface area is 154 Å². The number of esters is 1. The quantitative estimate of drug-likeness (QED) is 0.228. The third kappa shape index (κ3) is 3.81. The highest BCUT2D eigenvalue weighted by atomic mass is 79.9. The summed E-state index contributed by atoms with van der Waals surface area (Å²) in [7, 11) is 1.07. The normalized spacial score (nSPS) is 10.0. The topological polar surface area (TPSA) is 104 Å². The summed E-state index contributed by atoms with van der Waals surface area (Å²) in [6.45, 7) is 1.12. The van der Waals surface area contributed by atoms with E-state index in [1.807, 2.05) is 0 Å². The van der Waals surface area contributed by atoms with Crippen LogP contribution in [0.5, 0.6) is 0 Å². The van der Waals surface area contributed by atoms with Crippen LogP contribution in [0.3, 0.4) is 0 Å². The zero-order chi connectivity index (χ0) is 19.4. The predicted octanol–water partition coefficient (Wildman–Crippen LogP) is 5.40. The van der Waals surface area contributed by atoms with Crippen LogP contribution in [0.25, 0.3) is 10.4 Å². The van der Waals surface area contributed by atoms with E-state index < -0.39 is 34.8 Å². The lowest BCUT2D eigenvalue weighted by molar-refractivity contribution is 0.0601. The molecule has 0 unspecified atom stereocenters. The van der Waals surface area contributed by atoms with Crippen LogP contribution in [0.2, 0.25) is 0 Å². The van der Waals surface area contributed by atoms with Gasteiger partial charge in [-0.2, -0.15) is 0 Å². The minimum absolute atomic E-state index is 0.139. The van der Waals surface area contributed by atoms with Gasteiger partial charge >= 0.3 is 5.97 Å². The number of Topliss-reactive ketones (excluding diaryl/α,β-unsaturated/α-hetero) is 1. The standard InChI is InChI=1S/C16H11BrF2N4O3/c1-7(24)9-6-10(16(25)26-2)14(13(19)15(9)22-23-20)21-12-4-3-8(17)5-11(12)18/h3-6,21H,1-2H3. The van der Waals surface area contributed by atoms with Gasteiger partial charge in [0.05, 0.1) is 29.7 Å². The van der Waals surface area contributed by atoms with Crippen molar-refractivity contribution in [1.82, 2.24) is 0 Å². The van der Waals surface area contributed by atoms with Crippen molar-refractivity contribution in [3.8, 4) is 0 Å². The number of carbonyl (C=O) groups excluding carboxylic acids is 2. The van der Waals surface area contributed by atoms with E-state index in [9.17, 15) is 18.4 Å². The zero-order valence-corrected chi connectivity index (χ0v) is 15.1. The van der Waals surface area contributed by atoms with Crippen molar-refractivity contribution < 1.29 is 23.1 Å². The summed E-state index contributed by atoms with van der Waals surface area (Å²) in [5.41, 5.74) is 6.75. The number of methoxy groups -OCH3 is 1. The van der Waals surface area contributed by atoms with Crippen molar-refractivity contribution in [3.63, 3.8) is 0 Å². The fourth-order valence-corrected chi connectivity index (χ4v) is 2.50. The maximum absolute atomic E-state index is 14.9. The summed E-state index contributed by atoms with van der Waals surface area (Å²) in [4.78, 5) is 26.2. The highest BCUT2D eigenvalue weighted by molar-refractivity contribution is 9.10. The Morgan fingerprint density at radius 3 is 2.50 bits per heavy atom. The second kappa shape index (κ2) is 7.94. The van der Waals surface area contributed by atoms with E-state index in [4.69, 9.17) is 5.53 Å². The lowest BCUT2D eigenvalue weighted by Gasteiger charge is -2.16. The molecular formula is C16H11BrF2N4O3. The number of azide groups is 1. The molecule has 0 amide bonds. The predicted molar refractivity (Wildman–Crippen MR) is 93.9 cm³/mol. The molecule has 0 heterocycles. The van der Waals surface area contributed by atoms with Gasteiger partial charge in [-0.1, -0.05) is 21.0 Å². The second-order valence-electron chi connectivity index (χ2n) is 5.00. The van der Waals surface area contributed by atoms with Gasteiger partial charge in [0.25, 0.3) is 0 Å². The number of nitrogens with zero attached hydrogens (tertiary/aromatic N) is 3.